The molecule has 11 heavy (non-hydrogen) atoms. The molecule has 0 unspecified atom stereocenters. The van der Waals surface area contributed by atoms with E-state index >= 15 is 0 Å². The molecule has 0 N–H and O–H groups in total. The molecule has 1 heterocycles. The fourth-order valence-electron chi connectivity index (χ4n) is 1.01. The molecular weight excluding hydrogens is 140 g/mol. The molecule has 1 aromatic carbocycles. The van der Waals surface area contributed by atoms with Crippen molar-refractivity contribution in [2.75, 3.05) is 0 Å². The van der Waals surface area contributed by atoms with Crippen molar-refractivity contribution in [2.24, 2.45) is 0 Å². The Bertz CT molecular complexity index is 425. The van der Waals surface area contributed by atoms with Crippen LogP contribution in [0.25, 0.3) is 15.9 Å². The number of fused-ring (bicyclic) bond motifs is 1. The van der Waals surface area contributed by atoms with Gasteiger partial charge in [-0.15, -0.1) is 0 Å². The fourth-order valence-corrected chi connectivity index (χ4v) is 1.01. The lowest BCUT2D eigenvalue weighted by atomic mass is 10.2. The number of furan rings is 1. The van der Waals surface area contributed by atoms with Crippen LogP contribution in [0.1, 0.15) is 0 Å². The van der Waals surface area contributed by atoms with E-state index in [0.29, 0.717) is 5.69 Å². The summed E-state index contributed by atoms with van der Waals surface area (Å²) < 4.78 is 5.09. The maximum atomic E-state index is 8.42. The van der Waals surface area contributed by atoms with Gasteiger partial charge >= 0.3 is 5.69 Å². The monoisotopic (exact) mass is 145 g/mol. The van der Waals surface area contributed by atoms with Crippen molar-refractivity contribution in [1.82, 2.24) is 0 Å². The minimum absolute atomic E-state index is 0.507. The van der Waals surface area contributed by atoms with E-state index < -0.39 is 0 Å². The molecule has 0 atom stereocenters. The second-order valence-corrected chi connectivity index (χ2v) is 2.24. The molecule has 0 saturated heterocycles. The Morgan fingerprint density at radius 1 is 1.27 bits per heavy atom. The smallest absolute Gasteiger partial charge is 0.388 e. The summed E-state index contributed by atoms with van der Waals surface area (Å²) in [5.74, 6) is 0. The van der Waals surface area contributed by atoms with Crippen molar-refractivity contribution in [3.05, 3.63) is 35.5 Å². The largest absolute Gasteiger partial charge is 0.464 e. The van der Waals surface area contributed by atoms with Gasteiger partial charge in [0.05, 0.1) is 12.3 Å². The van der Waals surface area contributed by atoms with Crippen LogP contribution in [-0.2, 0) is 0 Å². The Hall–Kier alpha value is -1.82. The SMILES string of the molecule is N#[N+]c1ccc2ccoc2c1. The van der Waals surface area contributed by atoms with Gasteiger partial charge in [-0.25, -0.2) is 0 Å². The van der Waals surface area contributed by atoms with Crippen LogP contribution in [-0.4, -0.2) is 0 Å². The lowest BCUT2D eigenvalue weighted by molar-refractivity contribution is 0.616. The summed E-state index contributed by atoms with van der Waals surface area (Å²) in [4.78, 5) is 3.04. The summed E-state index contributed by atoms with van der Waals surface area (Å²) in [5.41, 5.74) is 1.24. The maximum Gasteiger partial charge on any atom is 0.388 e. The zero-order chi connectivity index (χ0) is 7.68. The molecule has 3 nitrogen and oxygen atoms in total. The third kappa shape index (κ3) is 0.849. The van der Waals surface area contributed by atoms with E-state index in [9.17, 15) is 0 Å². The Kier molecular flexibility index (Phi) is 1.13. The number of diazo groups is 1. The van der Waals surface area contributed by atoms with Crippen LogP contribution in [0, 0.1) is 5.39 Å². The van der Waals surface area contributed by atoms with Crippen LogP contribution in [0.5, 0.6) is 0 Å². The van der Waals surface area contributed by atoms with Crippen molar-refractivity contribution < 1.29 is 4.42 Å². The van der Waals surface area contributed by atoms with Crippen molar-refractivity contribution >= 4 is 16.7 Å². The minimum atomic E-state index is 0.507. The Morgan fingerprint density at radius 2 is 2.18 bits per heavy atom. The highest BCUT2D eigenvalue weighted by Crippen LogP contribution is 2.21. The third-order valence-corrected chi connectivity index (χ3v) is 1.56. The molecule has 3 heteroatoms. The molecule has 0 fully saturated rings. The van der Waals surface area contributed by atoms with Crippen LogP contribution in [0.4, 0.5) is 5.69 Å². The predicted octanol–water partition coefficient (Wildman–Crippen LogP) is 2.92. The van der Waals surface area contributed by atoms with Gasteiger partial charge in [0.15, 0.2) is 4.98 Å². The second kappa shape index (κ2) is 2.10. The van der Waals surface area contributed by atoms with E-state index in [4.69, 9.17) is 9.81 Å². The summed E-state index contributed by atoms with van der Waals surface area (Å²) in [6.07, 6.45) is 1.60. The van der Waals surface area contributed by atoms with Crippen molar-refractivity contribution in [1.29, 1.82) is 5.39 Å². The second-order valence-electron chi connectivity index (χ2n) is 2.24. The third-order valence-electron chi connectivity index (χ3n) is 1.56. The lowest BCUT2D eigenvalue weighted by Gasteiger charge is -1.80. The number of hydrogen-bond donors (Lipinski definition) is 0. The summed E-state index contributed by atoms with van der Waals surface area (Å²) in [6, 6.07) is 7.09. The van der Waals surface area contributed by atoms with E-state index in [0.717, 1.165) is 11.0 Å². The average Bonchev–Trinajstić information content (AvgIpc) is 2.50. The van der Waals surface area contributed by atoms with Crippen LogP contribution in [0.3, 0.4) is 0 Å². The number of nitrogens with zero attached hydrogens (tertiary/aromatic N) is 2. The summed E-state index contributed by atoms with van der Waals surface area (Å²) in [5, 5.41) is 9.43. The molecule has 0 aliphatic carbocycles. The molecule has 52 valence electrons. The first kappa shape index (κ1) is 5.93. The molecule has 2 rings (SSSR count). The molecule has 0 bridgehead atoms. The van der Waals surface area contributed by atoms with Crippen molar-refractivity contribution in [3.8, 4) is 0 Å². The van der Waals surface area contributed by atoms with Gasteiger partial charge in [-0.2, -0.15) is 0 Å². The van der Waals surface area contributed by atoms with Crippen molar-refractivity contribution in [3.63, 3.8) is 0 Å². The Balaban J connectivity index is 2.79. The van der Waals surface area contributed by atoms with Crippen LogP contribution >= 0.6 is 0 Å². The summed E-state index contributed by atoms with van der Waals surface area (Å²) in [6.45, 7) is 0. The molecular formula is C8H5N2O+. The molecule has 0 radical (unpaired) electrons. The van der Waals surface area contributed by atoms with Gasteiger partial charge in [0, 0.05) is 11.5 Å². The molecule has 0 aliphatic rings. The minimum Gasteiger partial charge on any atom is -0.464 e. The quantitative estimate of drug-likeness (QED) is 0.535. The predicted molar refractivity (Wildman–Crippen MR) is 41.0 cm³/mol. The zero-order valence-corrected chi connectivity index (χ0v) is 5.69. The molecule has 0 saturated carbocycles. The van der Waals surface area contributed by atoms with Crippen LogP contribution in [0.2, 0.25) is 0 Å². The molecule has 0 spiro atoms. The maximum absolute atomic E-state index is 8.42. The van der Waals surface area contributed by atoms with Gasteiger partial charge in [-0.3, -0.25) is 0 Å². The highest BCUT2D eigenvalue weighted by Gasteiger charge is 2.05. The Labute approximate surface area is 62.9 Å². The molecule has 2 aromatic rings. The normalized spacial score (nSPS) is 9.73. The van der Waals surface area contributed by atoms with Crippen LogP contribution < -0.4 is 0 Å². The topological polar surface area (TPSA) is 41.3 Å². The lowest BCUT2D eigenvalue weighted by Crippen LogP contribution is -1.61. The van der Waals surface area contributed by atoms with E-state index in [1.165, 1.54) is 0 Å². The number of rotatable bonds is 0. The first-order chi connectivity index (χ1) is 5.40. The van der Waals surface area contributed by atoms with Crippen LogP contribution in [0.15, 0.2) is 34.9 Å². The standard InChI is InChI=1S/C8H5N2O/c9-10-7-2-1-6-3-4-11-8(6)5-7/h1-5H/q+1. The summed E-state index contributed by atoms with van der Waals surface area (Å²) >= 11 is 0. The van der Waals surface area contributed by atoms with E-state index in [1.54, 1.807) is 18.4 Å². The van der Waals surface area contributed by atoms with Crippen molar-refractivity contribution in [2.45, 2.75) is 0 Å². The molecule has 0 aliphatic heterocycles. The van der Waals surface area contributed by atoms with Gasteiger partial charge in [-0.1, -0.05) is 0 Å². The summed E-state index contributed by atoms with van der Waals surface area (Å²) in [7, 11) is 0. The van der Waals surface area contributed by atoms with E-state index in [1.807, 2.05) is 12.1 Å². The van der Waals surface area contributed by atoms with Gasteiger partial charge in [0.1, 0.15) is 5.58 Å². The average molecular weight is 145 g/mol. The van der Waals surface area contributed by atoms with E-state index in [2.05, 4.69) is 4.98 Å². The zero-order valence-electron chi connectivity index (χ0n) is 5.69. The van der Waals surface area contributed by atoms with Gasteiger partial charge in [0.2, 0.25) is 5.39 Å². The van der Waals surface area contributed by atoms with Gasteiger partial charge in [0.25, 0.3) is 0 Å². The first-order valence-electron chi connectivity index (χ1n) is 3.22. The highest BCUT2D eigenvalue weighted by molar-refractivity contribution is 5.80. The fraction of sp³-hybridized carbons (Fsp3) is 0. The van der Waals surface area contributed by atoms with Gasteiger partial charge < -0.3 is 4.42 Å². The van der Waals surface area contributed by atoms with E-state index in [-0.39, 0.29) is 0 Å². The number of benzene rings is 1. The Morgan fingerprint density at radius 3 is 3.00 bits per heavy atom. The van der Waals surface area contributed by atoms with Gasteiger partial charge in [-0.05, 0) is 12.1 Å². The highest BCUT2D eigenvalue weighted by atomic mass is 16.3. The molecule has 0 amide bonds. The number of hydrogen-bond acceptors (Lipinski definition) is 2. The first-order valence-corrected chi connectivity index (χ1v) is 3.22. The molecule has 1 aromatic heterocycles.